The van der Waals surface area contributed by atoms with Gasteiger partial charge in [-0.1, -0.05) is 40.6 Å². The van der Waals surface area contributed by atoms with E-state index in [0.717, 1.165) is 0 Å². The molecule has 0 saturated heterocycles. The quantitative estimate of drug-likeness (QED) is 0.532. The van der Waals surface area contributed by atoms with E-state index in [1.165, 1.54) is 12.1 Å². The zero-order valence-electron chi connectivity index (χ0n) is 5.70. The minimum absolute atomic E-state index is 0. The van der Waals surface area contributed by atoms with E-state index in [2.05, 4.69) is 0 Å². The fraction of sp³-hybridized carbons (Fsp3) is 0. The average molecular weight is 203 g/mol. The van der Waals surface area contributed by atoms with Gasteiger partial charge in [0, 0.05) is 15.1 Å². The van der Waals surface area contributed by atoms with Gasteiger partial charge in [-0.05, 0) is 12.1 Å². The Hall–Kier alpha value is 0.487. The molecular weight excluding hydrogens is 201 g/mol. The number of halogens is 3. The van der Waals surface area contributed by atoms with Crippen molar-refractivity contribution in [2.75, 3.05) is 0 Å². The Morgan fingerprint density at radius 1 is 1.00 bits per heavy atom. The monoisotopic (exact) mass is 202 g/mol. The van der Waals surface area contributed by atoms with E-state index >= 15 is 0 Å². The van der Waals surface area contributed by atoms with Gasteiger partial charge < -0.3 is 5.11 Å². The van der Waals surface area contributed by atoms with Crippen LogP contribution in [0.3, 0.4) is 0 Å². The van der Waals surface area contributed by atoms with Crippen molar-refractivity contribution in [3.8, 4) is 5.75 Å². The predicted molar refractivity (Wildman–Crippen MR) is 40.9 cm³/mol. The van der Waals surface area contributed by atoms with E-state index in [1.807, 2.05) is 0 Å². The summed E-state index contributed by atoms with van der Waals surface area (Å²) in [6, 6.07) is 2.72. The van der Waals surface area contributed by atoms with Crippen LogP contribution in [-0.4, -0.2) is 0 Å². The van der Waals surface area contributed by atoms with Crippen molar-refractivity contribution in [1.29, 1.82) is 0 Å². The van der Waals surface area contributed by atoms with Gasteiger partial charge in [0.15, 0.2) is 0 Å². The average Bonchev–Trinajstić information content (AvgIpc) is 1.82. The number of hydrogen-bond donors (Lipinski definition) is 0. The molecule has 0 heterocycles. The van der Waals surface area contributed by atoms with Crippen molar-refractivity contribution in [3.63, 3.8) is 0 Å². The molecule has 0 atom stereocenters. The molecule has 0 fully saturated rings. The summed E-state index contributed by atoms with van der Waals surface area (Å²) in [7, 11) is 0. The first kappa shape index (κ1) is 11.5. The summed E-state index contributed by atoms with van der Waals surface area (Å²) in [5, 5.41) is 11.3. The Labute approximate surface area is 91.4 Å². The Balaban J connectivity index is 0.000001000. The van der Waals surface area contributed by atoms with Gasteiger partial charge in [0.2, 0.25) is 0 Å². The predicted octanol–water partition coefficient (Wildman–Crippen LogP) is -0.276. The topological polar surface area (TPSA) is 23.1 Å². The van der Waals surface area contributed by atoms with Crippen LogP contribution in [0.4, 0.5) is 0 Å². The Kier molecular flexibility index (Phi) is 4.70. The molecule has 0 spiro atoms. The molecule has 0 unspecified atom stereocenters. The van der Waals surface area contributed by atoms with Crippen molar-refractivity contribution in [2.45, 2.75) is 0 Å². The summed E-state index contributed by atoms with van der Waals surface area (Å²) in [6.45, 7) is 0. The normalized spacial score (nSPS) is 9.00. The fourth-order valence-corrected chi connectivity index (χ4v) is 1.35. The van der Waals surface area contributed by atoms with Crippen LogP contribution in [0, 0.1) is 0 Å². The molecule has 0 N–H and O–H groups in total. The van der Waals surface area contributed by atoms with Crippen molar-refractivity contribution >= 4 is 34.8 Å². The summed E-state index contributed by atoms with van der Waals surface area (Å²) >= 11 is 16.4. The van der Waals surface area contributed by atoms with Gasteiger partial charge in [0.1, 0.15) is 0 Å². The van der Waals surface area contributed by atoms with E-state index in [1.54, 1.807) is 0 Å². The number of hydrogen-bond acceptors (Lipinski definition) is 1. The van der Waals surface area contributed by atoms with Gasteiger partial charge in [-0.25, -0.2) is 0 Å². The first-order valence-electron chi connectivity index (χ1n) is 2.43. The maximum absolute atomic E-state index is 10.8. The van der Waals surface area contributed by atoms with Crippen LogP contribution in [0.25, 0.3) is 0 Å². The van der Waals surface area contributed by atoms with Gasteiger partial charge in [0.25, 0.3) is 0 Å². The Morgan fingerprint density at radius 3 is 1.73 bits per heavy atom. The molecule has 0 saturated carbocycles. The number of benzene rings is 1. The standard InChI is InChI=1S/C6H3Cl3O.Li/c7-3-1-4(8)6(10)5(9)2-3;/h1-2,10H;/q;+1/p-1. The zero-order chi connectivity index (χ0) is 7.72. The van der Waals surface area contributed by atoms with Gasteiger partial charge in [-0.3, -0.25) is 0 Å². The molecule has 5 heteroatoms. The third-order valence-corrected chi connectivity index (χ3v) is 1.74. The molecule has 11 heavy (non-hydrogen) atoms. The third kappa shape index (κ3) is 2.78. The van der Waals surface area contributed by atoms with Crippen LogP contribution in [0.15, 0.2) is 12.1 Å². The van der Waals surface area contributed by atoms with Crippen molar-refractivity contribution in [1.82, 2.24) is 0 Å². The van der Waals surface area contributed by atoms with Crippen molar-refractivity contribution in [2.24, 2.45) is 0 Å². The van der Waals surface area contributed by atoms with E-state index in [9.17, 15) is 5.11 Å². The van der Waals surface area contributed by atoms with Crippen LogP contribution >= 0.6 is 34.8 Å². The second-order valence-electron chi connectivity index (χ2n) is 1.70. The first-order valence-corrected chi connectivity index (χ1v) is 3.56. The van der Waals surface area contributed by atoms with Crippen LogP contribution in [-0.2, 0) is 0 Å². The first-order chi connectivity index (χ1) is 4.61. The van der Waals surface area contributed by atoms with Crippen LogP contribution in [0.2, 0.25) is 15.1 Å². The van der Waals surface area contributed by atoms with E-state index in [-0.39, 0.29) is 34.7 Å². The van der Waals surface area contributed by atoms with E-state index < -0.39 is 0 Å². The molecule has 0 aliphatic carbocycles. The molecule has 0 amide bonds. The fourth-order valence-electron chi connectivity index (χ4n) is 0.529. The Bertz CT molecular complexity index is 241. The second kappa shape index (κ2) is 4.50. The summed E-state index contributed by atoms with van der Waals surface area (Å²) in [6.07, 6.45) is 0. The molecule has 1 aromatic carbocycles. The van der Waals surface area contributed by atoms with Crippen molar-refractivity contribution in [3.05, 3.63) is 27.2 Å². The molecule has 1 rings (SSSR count). The molecule has 1 nitrogen and oxygen atoms in total. The summed E-state index contributed by atoms with van der Waals surface area (Å²) < 4.78 is 0. The molecule has 0 aliphatic rings. The SMILES string of the molecule is [Li+].[O-]c1c(Cl)cc(Cl)cc1Cl. The summed E-state index contributed by atoms with van der Waals surface area (Å²) in [4.78, 5) is 0. The molecule has 0 aromatic heterocycles. The zero-order valence-corrected chi connectivity index (χ0v) is 7.96. The second-order valence-corrected chi connectivity index (χ2v) is 2.95. The molecule has 0 radical (unpaired) electrons. The molecular formula is C6H2Cl3LiO. The molecule has 1 aromatic rings. The van der Waals surface area contributed by atoms with Crippen LogP contribution < -0.4 is 24.0 Å². The van der Waals surface area contributed by atoms with Gasteiger partial charge in [-0.15, -0.1) is 0 Å². The smallest absolute Gasteiger partial charge is 0.870 e. The number of rotatable bonds is 0. The van der Waals surface area contributed by atoms with Crippen LogP contribution in [0.1, 0.15) is 0 Å². The maximum Gasteiger partial charge on any atom is 1.00 e. The minimum atomic E-state index is -0.382. The Morgan fingerprint density at radius 2 is 1.36 bits per heavy atom. The third-order valence-electron chi connectivity index (χ3n) is 0.963. The van der Waals surface area contributed by atoms with Gasteiger partial charge >= 0.3 is 18.9 Å². The maximum atomic E-state index is 10.8. The van der Waals surface area contributed by atoms with Crippen LogP contribution in [0.5, 0.6) is 5.75 Å². The molecule has 0 aliphatic heterocycles. The molecule has 54 valence electrons. The van der Waals surface area contributed by atoms with E-state index in [4.69, 9.17) is 34.8 Å². The summed E-state index contributed by atoms with van der Waals surface area (Å²) in [5.41, 5.74) is 0. The van der Waals surface area contributed by atoms with Gasteiger partial charge in [-0.2, -0.15) is 0 Å². The summed E-state index contributed by atoms with van der Waals surface area (Å²) in [5.74, 6) is -0.382. The molecule has 0 bridgehead atoms. The van der Waals surface area contributed by atoms with Gasteiger partial charge in [0.05, 0.1) is 0 Å². The minimum Gasteiger partial charge on any atom is -0.870 e. The van der Waals surface area contributed by atoms with E-state index in [0.29, 0.717) is 5.02 Å². The largest absolute Gasteiger partial charge is 1.00 e. The van der Waals surface area contributed by atoms with Crippen molar-refractivity contribution < 1.29 is 24.0 Å².